The molecule has 0 aliphatic heterocycles. The number of benzene rings is 8. The van der Waals surface area contributed by atoms with Crippen LogP contribution in [0.4, 0.5) is 0 Å². The highest BCUT2D eigenvalue weighted by molar-refractivity contribution is 6.06. The van der Waals surface area contributed by atoms with Crippen LogP contribution in [0.5, 0.6) is 0 Å². The van der Waals surface area contributed by atoms with Gasteiger partial charge in [0.25, 0.3) is 0 Å². The molecule has 4 heteroatoms. The number of furan rings is 1. The fourth-order valence-corrected chi connectivity index (χ4v) is 6.99. The summed E-state index contributed by atoms with van der Waals surface area (Å²) in [6.07, 6.45) is 0. The van der Waals surface area contributed by atoms with Crippen molar-refractivity contribution < 1.29 is 4.42 Å². The van der Waals surface area contributed by atoms with Gasteiger partial charge in [0, 0.05) is 27.5 Å². The summed E-state index contributed by atoms with van der Waals surface area (Å²) >= 11 is 0. The summed E-state index contributed by atoms with van der Waals surface area (Å²) in [6, 6.07) is 61.3. The second-order valence-electron chi connectivity index (χ2n) is 12.9. The molecule has 10 aromatic rings. The predicted octanol–water partition coefficient (Wildman–Crippen LogP) is 12.4. The summed E-state index contributed by atoms with van der Waals surface area (Å²) in [5.74, 6) is 1.90. The molecule has 0 bridgehead atoms. The fourth-order valence-electron chi connectivity index (χ4n) is 6.99. The lowest BCUT2D eigenvalue weighted by Crippen LogP contribution is -2.00. The molecule has 51 heavy (non-hydrogen) atoms. The van der Waals surface area contributed by atoms with E-state index < -0.39 is 0 Å². The van der Waals surface area contributed by atoms with Gasteiger partial charge in [0.1, 0.15) is 11.2 Å². The molecule has 2 aromatic heterocycles. The Morgan fingerprint density at radius 2 is 0.686 bits per heavy atom. The second-order valence-corrected chi connectivity index (χ2v) is 12.9. The summed E-state index contributed by atoms with van der Waals surface area (Å²) in [5, 5.41) is 7.01. The van der Waals surface area contributed by atoms with Crippen LogP contribution < -0.4 is 0 Å². The molecule has 0 atom stereocenters. The average molecular weight is 652 g/mol. The van der Waals surface area contributed by atoms with Crippen LogP contribution in [-0.4, -0.2) is 15.0 Å². The lowest BCUT2D eigenvalue weighted by molar-refractivity contribution is 0.669. The van der Waals surface area contributed by atoms with Gasteiger partial charge >= 0.3 is 0 Å². The van der Waals surface area contributed by atoms with Gasteiger partial charge < -0.3 is 4.42 Å². The van der Waals surface area contributed by atoms with Crippen molar-refractivity contribution in [1.82, 2.24) is 15.0 Å². The Balaban J connectivity index is 1.04. The highest BCUT2D eigenvalue weighted by Crippen LogP contribution is 2.34. The molecule has 0 aliphatic carbocycles. The second kappa shape index (κ2) is 11.9. The largest absolute Gasteiger partial charge is 0.456 e. The minimum absolute atomic E-state index is 0.629. The zero-order valence-corrected chi connectivity index (χ0v) is 27.5. The van der Waals surface area contributed by atoms with Crippen LogP contribution in [0.25, 0.3) is 99.9 Å². The van der Waals surface area contributed by atoms with E-state index in [1.807, 2.05) is 18.2 Å². The molecular weight excluding hydrogens is 623 g/mol. The number of para-hydroxylation sites is 1. The molecule has 238 valence electrons. The summed E-state index contributed by atoms with van der Waals surface area (Å²) in [4.78, 5) is 15.1. The van der Waals surface area contributed by atoms with Crippen molar-refractivity contribution >= 4 is 43.5 Å². The van der Waals surface area contributed by atoms with Gasteiger partial charge in [-0.15, -0.1) is 0 Å². The molecule has 2 heterocycles. The van der Waals surface area contributed by atoms with Crippen LogP contribution in [0.15, 0.2) is 180 Å². The van der Waals surface area contributed by atoms with Crippen molar-refractivity contribution in [3.63, 3.8) is 0 Å². The van der Waals surface area contributed by atoms with E-state index in [2.05, 4.69) is 158 Å². The molecule has 0 fully saturated rings. The van der Waals surface area contributed by atoms with Crippen LogP contribution in [0.1, 0.15) is 0 Å². The van der Waals surface area contributed by atoms with Gasteiger partial charge in [-0.1, -0.05) is 146 Å². The summed E-state index contributed by atoms with van der Waals surface area (Å²) < 4.78 is 6.06. The van der Waals surface area contributed by atoms with Gasteiger partial charge in [-0.3, -0.25) is 0 Å². The number of hydrogen-bond donors (Lipinski definition) is 0. The maximum atomic E-state index is 6.06. The quantitative estimate of drug-likeness (QED) is 0.186. The number of fused-ring (bicyclic) bond motifs is 5. The first-order chi connectivity index (χ1) is 25.2. The molecule has 0 amide bonds. The Kier molecular flexibility index (Phi) is 6.78. The highest BCUT2D eigenvalue weighted by Gasteiger charge is 2.14. The monoisotopic (exact) mass is 651 g/mol. The summed E-state index contributed by atoms with van der Waals surface area (Å²) in [5.41, 5.74) is 9.15. The lowest BCUT2D eigenvalue weighted by Gasteiger charge is -2.10. The molecule has 0 spiro atoms. The van der Waals surface area contributed by atoms with E-state index >= 15 is 0 Å². The first-order valence-electron chi connectivity index (χ1n) is 17.1. The van der Waals surface area contributed by atoms with Crippen molar-refractivity contribution in [3.8, 4) is 56.4 Å². The van der Waals surface area contributed by atoms with E-state index in [0.717, 1.165) is 60.7 Å². The first-order valence-corrected chi connectivity index (χ1v) is 17.1. The van der Waals surface area contributed by atoms with E-state index in [0.29, 0.717) is 17.5 Å². The van der Waals surface area contributed by atoms with Gasteiger partial charge in [-0.25, -0.2) is 15.0 Å². The number of hydrogen-bond acceptors (Lipinski definition) is 4. The van der Waals surface area contributed by atoms with Crippen LogP contribution in [0.3, 0.4) is 0 Å². The Morgan fingerprint density at radius 3 is 1.31 bits per heavy atom. The summed E-state index contributed by atoms with van der Waals surface area (Å²) in [7, 11) is 0. The van der Waals surface area contributed by atoms with Crippen molar-refractivity contribution in [1.29, 1.82) is 0 Å². The van der Waals surface area contributed by atoms with Gasteiger partial charge in [-0.2, -0.15) is 0 Å². The number of nitrogens with zero attached hydrogens (tertiary/aromatic N) is 3. The first kappa shape index (κ1) is 29.0. The molecule has 4 nitrogen and oxygen atoms in total. The van der Waals surface area contributed by atoms with Crippen molar-refractivity contribution in [2.75, 3.05) is 0 Å². The Labute approximate surface area is 294 Å². The third-order valence-corrected chi connectivity index (χ3v) is 9.72. The Morgan fingerprint density at radius 1 is 0.275 bits per heavy atom. The zero-order valence-electron chi connectivity index (χ0n) is 27.5. The van der Waals surface area contributed by atoms with E-state index in [-0.39, 0.29) is 0 Å². The van der Waals surface area contributed by atoms with E-state index in [1.165, 1.54) is 21.7 Å². The van der Waals surface area contributed by atoms with Crippen LogP contribution >= 0.6 is 0 Å². The van der Waals surface area contributed by atoms with Gasteiger partial charge in [0.2, 0.25) is 0 Å². The van der Waals surface area contributed by atoms with Gasteiger partial charge in [-0.05, 0) is 74.1 Å². The van der Waals surface area contributed by atoms with Crippen molar-refractivity contribution in [2.24, 2.45) is 0 Å². The molecule has 0 saturated carbocycles. The molecule has 0 radical (unpaired) electrons. The minimum atomic E-state index is 0.629. The lowest BCUT2D eigenvalue weighted by atomic mass is 10.00. The van der Waals surface area contributed by atoms with Gasteiger partial charge in [0.15, 0.2) is 17.5 Å². The maximum Gasteiger partial charge on any atom is 0.164 e. The molecule has 0 unspecified atom stereocenters. The third kappa shape index (κ3) is 5.31. The van der Waals surface area contributed by atoms with Crippen LogP contribution in [-0.2, 0) is 0 Å². The van der Waals surface area contributed by atoms with Crippen molar-refractivity contribution in [3.05, 3.63) is 176 Å². The molecule has 10 rings (SSSR count). The van der Waals surface area contributed by atoms with Gasteiger partial charge in [0.05, 0.1) is 0 Å². The van der Waals surface area contributed by atoms with E-state index in [1.54, 1.807) is 0 Å². The third-order valence-electron chi connectivity index (χ3n) is 9.72. The Hall–Kier alpha value is -6.91. The molecule has 0 aliphatic rings. The topological polar surface area (TPSA) is 51.8 Å². The SMILES string of the molecule is c1ccc2cc(-c3ccc(-c4nc(-c5ccc(-c6ccc7oc8ccccc8c7c6)cc5)nc(-c5ccc6ccccc6c5)n4)cc3)ccc2c1. The van der Waals surface area contributed by atoms with Crippen molar-refractivity contribution in [2.45, 2.75) is 0 Å². The highest BCUT2D eigenvalue weighted by atomic mass is 16.3. The molecule has 0 saturated heterocycles. The zero-order chi connectivity index (χ0) is 33.7. The van der Waals surface area contributed by atoms with Crippen LogP contribution in [0.2, 0.25) is 0 Å². The normalized spacial score (nSPS) is 11.5. The summed E-state index contributed by atoms with van der Waals surface area (Å²) in [6.45, 7) is 0. The van der Waals surface area contributed by atoms with E-state index in [4.69, 9.17) is 19.4 Å². The van der Waals surface area contributed by atoms with E-state index in [9.17, 15) is 0 Å². The predicted molar refractivity (Wildman–Crippen MR) is 209 cm³/mol. The molecular formula is C47H29N3O. The van der Waals surface area contributed by atoms with Crippen LogP contribution in [0, 0.1) is 0 Å². The Bertz CT molecular complexity index is 2910. The fraction of sp³-hybridized carbons (Fsp3) is 0. The maximum absolute atomic E-state index is 6.06. The number of rotatable bonds is 5. The molecule has 8 aromatic carbocycles. The average Bonchev–Trinajstić information content (AvgIpc) is 3.58. The minimum Gasteiger partial charge on any atom is -0.456 e. The molecule has 0 N–H and O–H groups in total. The standard InChI is InChI=1S/C47H29N3O/c1-3-9-36-27-38(23-17-30(36)7-1)32-13-19-34(20-14-32)45-48-46(50-47(49-45)40-24-18-31-8-2-4-10-37(31)28-40)35-21-15-33(16-22-35)39-25-26-44-42(29-39)41-11-5-6-12-43(41)51-44/h1-29H. The number of aromatic nitrogens is 3. The smallest absolute Gasteiger partial charge is 0.164 e.